The Morgan fingerprint density at radius 2 is 2.09 bits per heavy atom. The Balaban J connectivity index is 1.88. The molecule has 3 rings (SSSR count). The van der Waals surface area contributed by atoms with Crippen molar-refractivity contribution in [1.82, 2.24) is 5.32 Å². The van der Waals surface area contributed by atoms with E-state index in [1.54, 1.807) is 6.92 Å². The second-order valence-corrected chi connectivity index (χ2v) is 7.00. The zero-order chi connectivity index (χ0) is 16.8. The van der Waals surface area contributed by atoms with Crippen molar-refractivity contribution in [1.29, 1.82) is 5.26 Å². The third-order valence-corrected chi connectivity index (χ3v) is 4.31. The molecule has 23 heavy (non-hydrogen) atoms. The summed E-state index contributed by atoms with van der Waals surface area (Å²) < 4.78 is 11.0. The van der Waals surface area contributed by atoms with Crippen molar-refractivity contribution in [3.05, 3.63) is 46.3 Å². The minimum atomic E-state index is -0.222. The van der Waals surface area contributed by atoms with Crippen LogP contribution in [-0.2, 0) is 6.42 Å². The normalized spacial score (nSPS) is 19.0. The lowest BCUT2D eigenvalue weighted by atomic mass is 9.74. The number of hydrogen-bond acceptors (Lipinski definition) is 4. The number of amides is 1. The average molecular weight is 312 g/mol. The highest BCUT2D eigenvalue weighted by molar-refractivity contribution is 5.95. The molecular weight excluding hydrogens is 292 g/mol. The molecule has 2 aromatic heterocycles. The maximum Gasteiger partial charge on any atom is 0.255 e. The fourth-order valence-electron chi connectivity index (χ4n) is 3.31. The first kappa shape index (κ1) is 15.4. The molecule has 0 saturated carbocycles. The standard InChI is InChI=1S/C18H20N2O3/c1-10-5-14-15(7-18(3,4)8-16(14)22-10)20-17(21)13-6-12(9-19)23-11(13)2/h5-6,15H,7-8H2,1-4H3,(H,20,21). The Labute approximate surface area is 135 Å². The summed E-state index contributed by atoms with van der Waals surface area (Å²) in [6.07, 6.45) is 1.71. The zero-order valence-corrected chi connectivity index (χ0v) is 13.8. The van der Waals surface area contributed by atoms with Gasteiger partial charge in [-0.25, -0.2) is 0 Å². The molecule has 0 fully saturated rings. The van der Waals surface area contributed by atoms with Crippen LogP contribution in [0.4, 0.5) is 0 Å². The Hall–Kier alpha value is -2.48. The van der Waals surface area contributed by atoms with Crippen molar-refractivity contribution >= 4 is 5.91 Å². The third-order valence-electron chi connectivity index (χ3n) is 4.31. The van der Waals surface area contributed by atoms with Crippen LogP contribution in [0.5, 0.6) is 0 Å². The van der Waals surface area contributed by atoms with Crippen LogP contribution >= 0.6 is 0 Å². The Morgan fingerprint density at radius 1 is 1.35 bits per heavy atom. The Kier molecular flexibility index (Phi) is 3.56. The van der Waals surface area contributed by atoms with Crippen LogP contribution in [0.1, 0.15) is 65.3 Å². The van der Waals surface area contributed by atoms with Gasteiger partial charge in [0.2, 0.25) is 5.76 Å². The van der Waals surface area contributed by atoms with E-state index in [1.165, 1.54) is 6.07 Å². The maximum atomic E-state index is 12.6. The predicted octanol–water partition coefficient (Wildman–Crippen LogP) is 3.80. The topological polar surface area (TPSA) is 79.2 Å². The number of aryl methyl sites for hydroxylation is 2. The van der Waals surface area contributed by atoms with Crippen LogP contribution in [0.2, 0.25) is 0 Å². The highest BCUT2D eigenvalue weighted by Crippen LogP contribution is 2.42. The quantitative estimate of drug-likeness (QED) is 0.914. The maximum absolute atomic E-state index is 12.6. The zero-order valence-electron chi connectivity index (χ0n) is 13.8. The number of carbonyl (C=O) groups excluding carboxylic acids is 1. The van der Waals surface area contributed by atoms with Crippen LogP contribution < -0.4 is 5.32 Å². The summed E-state index contributed by atoms with van der Waals surface area (Å²) in [5.41, 5.74) is 1.52. The van der Waals surface area contributed by atoms with E-state index in [9.17, 15) is 4.79 Å². The molecule has 0 spiro atoms. The van der Waals surface area contributed by atoms with Crippen molar-refractivity contribution in [2.24, 2.45) is 5.41 Å². The number of fused-ring (bicyclic) bond motifs is 1. The number of nitriles is 1. The molecule has 1 aliphatic carbocycles. The molecule has 0 aromatic carbocycles. The van der Waals surface area contributed by atoms with Gasteiger partial charge in [0.25, 0.3) is 5.91 Å². The van der Waals surface area contributed by atoms with Gasteiger partial charge in [-0.15, -0.1) is 0 Å². The summed E-state index contributed by atoms with van der Waals surface area (Å²) in [6.45, 7) is 7.95. The highest BCUT2D eigenvalue weighted by Gasteiger charge is 2.36. The smallest absolute Gasteiger partial charge is 0.255 e. The van der Waals surface area contributed by atoms with E-state index in [1.807, 2.05) is 19.1 Å². The van der Waals surface area contributed by atoms with Gasteiger partial charge in [-0.3, -0.25) is 4.79 Å². The van der Waals surface area contributed by atoms with E-state index in [2.05, 4.69) is 19.2 Å². The number of nitrogens with one attached hydrogen (secondary N) is 1. The van der Waals surface area contributed by atoms with Gasteiger partial charge in [0.15, 0.2) is 0 Å². The largest absolute Gasteiger partial charge is 0.466 e. The molecule has 0 saturated heterocycles. The van der Waals surface area contributed by atoms with Crippen LogP contribution in [0.25, 0.3) is 0 Å². The van der Waals surface area contributed by atoms with Gasteiger partial charge in [-0.2, -0.15) is 5.26 Å². The van der Waals surface area contributed by atoms with Crippen molar-refractivity contribution in [2.45, 2.75) is 46.6 Å². The van der Waals surface area contributed by atoms with E-state index in [0.29, 0.717) is 11.3 Å². The molecule has 5 nitrogen and oxygen atoms in total. The van der Waals surface area contributed by atoms with Crippen LogP contribution in [0, 0.1) is 30.6 Å². The monoisotopic (exact) mass is 312 g/mol. The average Bonchev–Trinajstić information content (AvgIpc) is 2.99. The minimum absolute atomic E-state index is 0.0541. The molecule has 0 aliphatic heterocycles. The number of carbonyl (C=O) groups is 1. The second kappa shape index (κ2) is 5.31. The summed E-state index contributed by atoms with van der Waals surface area (Å²) in [5.74, 6) is 2.19. The van der Waals surface area contributed by atoms with Gasteiger partial charge in [-0.05, 0) is 31.7 Å². The lowest BCUT2D eigenvalue weighted by molar-refractivity contribution is 0.0916. The molecule has 2 aromatic rings. The molecule has 2 heterocycles. The van der Waals surface area contributed by atoms with Gasteiger partial charge in [0.1, 0.15) is 23.3 Å². The summed E-state index contributed by atoms with van der Waals surface area (Å²) >= 11 is 0. The van der Waals surface area contributed by atoms with Crippen molar-refractivity contribution in [3.63, 3.8) is 0 Å². The van der Waals surface area contributed by atoms with Gasteiger partial charge in [0, 0.05) is 18.1 Å². The molecule has 1 unspecified atom stereocenters. The molecule has 1 N–H and O–H groups in total. The number of furan rings is 2. The van der Waals surface area contributed by atoms with Crippen LogP contribution in [0.3, 0.4) is 0 Å². The molecule has 1 aliphatic rings. The summed E-state index contributed by atoms with van der Waals surface area (Å²) in [7, 11) is 0. The Bertz CT molecular complexity index is 805. The first-order valence-corrected chi connectivity index (χ1v) is 7.70. The van der Waals surface area contributed by atoms with Gasteiger partial charge < -0.3 is 14.2 Å². The molecule has 0 radical (unpaired) electrons. The Morgan fingerprint density at radius 3 is 2.74 bits per heavy atom. The molecule has 1 atom stereocenters. The molecule has 0 bridgehead atoms. The van der Waals surface area contributed by atoms with Gasteiger partial charge in [-0.1, -0.05) is 13.8 Å². The number of hydrogen-bond donors (Lipinski definition) is 1. The van der Waals surface area contributed by atoms with Crippen molar-refractivity contribution < 1.29 is 13.6 Å². The summed E-state index contributed by atoms with van der Waals surface area (Å²) in [5, 5.41) is 12.0. The second-order valence-electron chi connectivity index (χ2n) is 7.00. The van der Waals surface area contributed by atoms with E-state index in [4.69, 9.17) is 14.1 Å². The summed E-state index contributed by atoms with van der Waals surface area (Å²) in [4.78, 5) is 12.6. The molecule has 1 amide bonds. The van der Waals surface area contributed by atoms with E-state index < -0.39 is 0 Å². The number of rotatable bonds is 2. The van der Waals surface area contributed by atoms with E-state index >= 15 is 0 Å². The molecule has 5 heteroatoms. The van der Waals surface area contributed by atoms with Crippen molar-refractivity contribution in [2.75, 3.05) is 0 Å². The molecular formula is C18H20N2O3. The van der Waals surface area contributed by atoms with E-state index in [0.717, 1.165) is 29.9 Å². The lowest BCUT2D eigenvalue weighted by Crippen LogP contribution is -2.36. The van der Waals surface area contributed by atoms with Crippen LogP contribution in [0.15, 0.2) is 21.0 Å². The van der Waals surface area contributed by atoms with Gasteiger partial charge in [0.05, 0.1) is 11.6 Å². The highest BCUT2D eigenvalue weighted by atomic mass is 16.3. The van der Waals surface area contributed by atoms with E-state index in [-0.39, 0.29) is 23.1 Å². The van der Waals surface area contributed by atoms with Crippen molar-refractivity contribution in [3.8, 4) is 6.07 Å². The number of nitrogens with zero attached hydrogens (tertiary/aromatic N) is 1. The fourth-order valence-corrected chi connectivity index (χ4v) is 3.31. The third kappa shape index (κ3) is 2.89. The summed E-state index contributed by atoms with van der Waals surface area (Å²) in [6, 6.07) is 5.30. The SMILES string of the molecule is Cc1cc2c(o1)CC(C)(C)CC2NC(=O)c1cc(C#N)oc1C. The van der Waals surface area contributed by atoms with Crippen LogP contribution in [-0.4, -0.2) is 5.91 Å². The van der Waals surface area contributed by atoms with Gasteiger partial charge >= 0.3 is 0 Å². The minimum Gasteiger partial charge on any atom is -0.466 e. The fraction of sp³-hybridized carbons (Fsp3) is 0.444. The molecule has 120 valence electrons. The lowest BCUT2D eigenvalue weighted by Gasteiger charge is -2.34. The first-order chi connectivity index (χ1) is 10.8. The predicted molar refractivity (Wildman–Crippen MR) is 83.9 cm³/mol. The first-order valence-electron chi connectivity index (χ1n) is 7.70.